The fraction of sp³-hybridized carbons (Fsp3) is 0.278. The highest BCUT2D eigenvalue weighted by Crippen LogP contribution is 2.44. The van der Waals surface area contributed by atoms with Crippen molar-refractivity contribution < 1.29 is 13.2 Å². The van der Waals surface area contributed by atoms with Gasteiger partial charge in [0.25, 0.3) is 0 Å². The molecule has 1 unspecified atom stereocenters. The van der Waals surface area contributed by atoms with Crippen LogP contribution in [0.2, 0.25) is 20.1 Å². The van der Waals surface area contributed by atoms with Crippen LogP contribution in [-0.2, 0) is 6.54 Å². The van der Waals surface area contributed by atoms with Gasteiger partial charge in [0.15, 0.2) is 0 Å². The maximum Gasteiger partial charge on any atom is 0.407 e. The van der Waals surface area contributed by atoms with E-state index in [-0.39, 0.29) is 21.6 Å². The average molecular weight is 484 g/mol. The van der Waals surface area contributed by atoms with Crippen LogP contribution < -0.4 is 10.6 Å². The van der Waals surface area contributed by atoms with Crippen LogP contribution in [0.1, 0.15) is 18.0 Å². The van der Waals surface area contributed by atoms with Crippen LogP contribution in [0.3, 0.4) is 0 Å². The van der Waals surface area contributed by atoms with Crippen molar-refractivity contribution in [2.75, 3.05) is 11.4 Å². The number of halogens is 7. The SMILES string of the molecule is NC(c1ccc(Cl)c2nc3n(c12)CCCN3c1c(Cl)cc(Cl)cc1Cl)C(F)(F)F. The summed E-state index contributed by atoms with van der Waals surface area (Å²) in [6, 6.07) is 3.59. The second kappa shape index (κ2) is 7.39. The molecule has 0 spiro atoms. The van der Waals surface area contributed by atoms with Gasteiger partial charge in [-0.05, 0) is 24.6 Å². The Morgan fingerprint density at radius 3 is 2.28 bits per heavy atom. The lowest BCUT2D eigenvalue weighted by molar-refractivity contribution is -0.148. The van der Waals surface area contributed by atoms with Gasteiger partial charge in [0, 0.05) is 23.7 Å². The molecule has 1 aromatic heterocycles. The number of fused-ring (bicyclic) bond motifs is 3. The Balaban J connectivity index is 1.97. The standard InChI is InChI=1S/C18H13Cl4F3N4/c19-8-6-11(21)15(12(22)7-8)29-5-1-4-28-14-9(16(26)18(23,24)25)2-3-10(20)13(14)27-17(28)29/h2-3,6-7,16H,1,4-5,26H2. The summed E-state index contributed by atoms with van der Waals surface area (Å²) < 4.78 is 41.7. The Bertz CT molecular complexity index is 1090. The molecular weight excluding hydrogens is 471 g/mol. The number of aromatic nitrogens is 2. The van der Waals surface area contributed by atoms with Crippen LogP contribution >= 0.6 is 46.4 Å². The maximum atomic E-state index is 13.3. The highest BCUT2D eigenvalue weighted by molar-refractivity contribution is 6.42. The number of rotatable bonds is 2. The Hall–Kier alpha value is -1.38. The predicted octanol–water partition coefficient (Wildman–Crippen LogP) is 6.75. The highest BCUT2D eigenvalue weighted by Gasteiger charge is 2.40. The number of imidazole rings is 1. The van der Waals surface area contributed by atoms with E-state index in [0.717, 1.165) is 0 Å². The number of benzene rings is 2. The van der Waals surface area contributed by atoms with E-state index >= 15 is 0 Å². The molecule has 0 radical (unpaired) electrons. The number of nitrogens with two attached hydrogens (primary N) is 1. The highest BCUT2D eigenvalue weighted by atomic mass is 35.5. The van der Waals surface area contributed by atoms with Crippen LogP contribution in [0.5, 0.6) is 0 Å². The summed E-state index contributed by atoms with van der Waals surface area (Å²) in [4.78, 5) is 6.28. The molecule has 1 atom stereocenters. The Morgan fingerprint density at radius 2 is 1.66 bits per heavy atom. The number of hydrogen-bond donors (Lipinski definition) is 1. The van der Waals surface area contributed by atoms with E-state index in [0.29, 0.717) is 46.2 Å². The number of hydrogen-bond acceptors (Lipinski definition) is 3. The quantitative estimate of drug-likeness (QED) is 0.438. The van der Waals surface area contributed by atoms with Gasteiger partial charge in [-0.3, -0.25) is 0 Å². The van der Waals surface area contributed by atoms with Gasteiger partial charge in [-0.25, -0.2) is 4.98 Å². The molecule has 4 rings (SSSR count). The molecule has 29 heavy (non-hydrogen) atoms. The first kappa shape index (κ1) is 20.9. The van der Waals surface area contributed by atoms with Gasteiger partial charge in [-0.1, -0.05) is 52.5 Å². The molecule has 0 saturated carbocycles. The largest absolute Gasteiger partial charge is 0.407 e. The normalized spacial score (nSPS) is 15.7. The molecule has 0 amide bonds. The molecule has 2 heterocycles. The first-order valence-electron chi connectivity index (χ1n) is 8.52. The van der Waals surface area contributed by atoms with Gasteiger partial charge in [0.1, 0.15) is 11.6 Å². The van der Waals surface area contributed by atoms with E-state index in [4.69, 9.17) is 52.1 Å². The van der Waals surface area contributed by atoms with Crippen molar-refractivity contribution in [2.24, 2.45) is 5.73 Å². The molecule has 0 fully saturated rings. The first-order chi connectivity index (χ1) is 13.6. The van der Waals surface area contributed by atoms with Gasteiger partial charge in [-0.15, -0.1) is 0 Å². The molecule has 3 aromatic rings. The topological polar surface area (TPSA) is 47.1 Å². The molecule has 11 heteroatoms. The van der Waals surface area contributed by atoms with E-state index in [2.05, 4.69) is 4.98 Å². The van der Waals surface area contributed by atoms with Crippen LogP contribution in [0.4, 0.5) is 24.8 Å². The minimum atomic E-state index is -4.61. The van der Waals surface area contributed by atoms with Crippen molar-refractivity contribution in [1.82, 2.24) is 9.55 Å². The van der Waals surface area contributed by atoms with E-state index in [9.17, 15) is 13.2 Å². The van der Waals surface area contributed by atoms with E-state index in [1.807, 2.05) is 0 Å². The second-order valence-corrected chi connectivity index (χ2v) is 8.30. The average Bonchev–Trinajstić information content (AvgIpc) is 3.01. The zero-order valence-electron chi connectivity index (χ0n) is 14.6. The lowest BCUT2D eigenvalue weighted by Gasteiger charge is -2.31. The van der Waals surface area contributed by atoms with Crippen molar-refractivity contribution in [3.8, 4) is 0 Å². The van der Waals surface area contributed by atoms with E-state index in [1.54, 1.807) is 21.6 Å². The summed E-state index contributed by atoms with van der Waals surface area (Å²) in [5.41, 5.74) is 6.39. The summed E-state index contributed by atoms with van der Waals surface area (Å²) in [5.74, 6) is 0.390. The van der Waals surface area contributed by atoms with Gasteiger partial charge in [-0.2, -0.15) is 13.2 Å². The van der Waals surface area contributed by atoms with E-state index in [1.165, 1.54) is 12.1 Å². The van der Waals surface area contributed by atoms with Crippen molar-refractivity contribution in [3.05, 3.63) is 49.9 Å². The number of aryl methyl sites for hydroxylation is 1. The second-order valence-electron chi connectivity index (χ2n) is 6.64. The number of anilines is 2. The smallest absolute Gasteiger partial charge is 0.316 e. The van der Waals surface area contributed by atoms with Crippen molar-refractivity contribution in [1.29, 1.82) is 0 Å². The molecular formula is C18H13Cl4F3N4. The molecule has 154 valence electrons. The van der Waals surface area contributed by atoms with Gasteiger partial charge < -0.3 is 15.2 Å². The van der Waals surface area contributed by atoms with Crippen LogP contribution in [-0.4, -0.2) is 22.3 Å². The van der Waals surface area contributed by atoms with Crippen molar-refractivity contribution in [3.63, 3.8) is 0 Å². The lowest BCUT2D eigenvalue weighted by atomic mass is 10.0. The molecule has 0 bridgehead atoms. The minimum Gasteiger partial charge on any atom is -0.316 e. The molecule has 2 aromatic carbocycles. The Kier molecular flexibility index (Phi) is 5.32. The summed E-state index contributed by atoms with van der Waals surface area (Å²) in [6.45, 7) is 0.964. The summed E-state index contributed by atoms with van der Waals surface area (Å²) in [7, 11) is 0. The summed E-state index contributed by atoms with van der Waals surface area (Å²) in [5, 5.41) is 1.21. The summed E-state index contributed by atoms with van der Waals surface area (Å²) in [6.07, 6.45) is -3.98. The molecule has 0 saturated heterocycles. The fourth-order valence-corrected chi connectivity index (χ4v) is 4.77. The first-order valence-corrected chi connectivity index (χ1v) is 10.0. The molecule has 1 aliphatic rings. The van der Waals surface area contributed by atoms with E-state index < -0.39 is 12.2 Å². The minimum absolute atomic E-state index is 0.0919. The third-order valence-corrected chi connectivity index (χ3v) is 5.90. The zero-order valence-corrected chi connectivity index (χ0v) is 17.6. The molecule has 1 aliphatic heterocycles. The zero-order chi connectivity index (χ0) is 21.1. The molecule has 0 aliphatic carbocycles. The van der Waals surface area contributed by atoms with Crippen molar-refractivity contribution >= 4 is 69.1 Å². The fourth-order valence-electron chi connectivity index (χ4n) is 3.56. The monoisotopic (exact) mass is 482 g/mol. The van der Waals surface area contributed by atoms with Gasteiger partial charge in [0.2, 0.25) is 5.95 Å². The predicted molar refractivity (Wildman–Crippen MR) is 111 cm³/mol. The maximum absolute atomic E-state index is 13.3. The van der Waals surface area contributed by atoms with Crippen LogP contribution in [0, 0.1) is 0 Å². The van der Waals surface area contributed by atoms with Crippen LogP contribution in [0.25, 0.3) is 11.0 Å². The van der Waals surface area contributed by atoms with Gasteiger partial charge in [0.05, 0.1) is 26.3 Å². The Labute approximate surface area is 183 Å². The van der Waals surface area contributed by atoms with Gasteiger partial charge >= 0.3 is 6.18 Å². The molecule has 4 nitrogen and oxygen atoms in total. The third-order valence-electron chi connectivity index (χ3n) is 4.80. The van der Waals surface area contributed by atoms with Crippen molar-refractivity contribution in [2.45, 2.75) is 25.2 Å². The van der Waals surface area contributed by atoms with Crippen LogP contribution in [0.15, 0.2) is 24.3 Å². The lowest BCUT2D eigenvalue weighted by Crippen LogP contribution is -2.31. The third kappa shape index (κ3) is 3.53. The Morgan fingerprint density at radius 1 is 1.00 bits per heavy atom. The molecule has 2 N–H and O–H groups in total. The number of nitrogens with zero attached hydrogens (tertiary/aromatic N) is 3. The number of alkyl halides is 3. The summed E-state index contributed by atoms with van der Waals surface area (Å²) >= 11 is 25.0.